The summed E-state index contributed by atoms with van der Waals surface area (Å²) in [5.41, 5.74) is 4.40. The number of urea groups is 1. The topological polar surface area (TPSA) is 48.8 Å². The zero-order valence-electron chi connectivity index (χ0n) is 21.6. The van der Waals surface area contributed by atoms with Crippen LogP contribution in [0.15, 0.2) is 54.7 Å². The number of rotatable bonds is 5. The summed E-state index contributed by atoms with van der Waals surface area (Å²) in [6.45, 7) is 7.39. The largest absolute Gasteiger partial charge is 0.350 e. The number of benzene rings is 2. The fourth-order valence-corrected chi connectivity index (χ4v) is 6.76. The number of fused-ring (bicyclic) bond motifs is 2. The maximum Gasteiger partial charge on any atom is 0.327 e. The van der Waals surface area contributed by atoms with Gasteiger partial charge < -0.3 is 9.47 Å². The van der Waals surface area contributed by atoms with Gasteiger partial charge in [-0.15, -0.1) is 0 Å². The summed E-state index contributed by atoms with van der Waals surface area (Å²) in [5.74, 6) is 0.351. The second-order valence-electron chi connectivity index (χ2n) is 11.4. The van der Waals surface area contributed by atoms with Gasteiger partial charge in [0.2, 0.25) is 0 Å². The minimum atomic E-state index is -0.703. The van der Waals surface area contributed by atoms with Crippen molar-refractivity contribution in [3.05, 3.63) is 71.4 Å². The van der Waals surface area contributed by atoms with Crippen LogP contribution in [0.4, 0.5) is 4.79 Å². The monoisotopic (exact) mass is 484 g/mol. The molecule has 0 atom stereocenters. The molecule has 1 aromatic heterocycles. The fourth-order valence-electron chi connectivity index (χ4n) is 6.76. The van der Waals surface area contributed by atoms with Gasteiger partial charge in [0.25, 0.3) is 5.91 Å². The summed E-state index contributed by atoms with van der Waals surface area (Å²) >= 11 is 0. The van der Waals surface area contributed by atoms with E-state index < -0.39 is 5.54 Å². The third-order valence-corrected chi connectivity index (χ3v) is 8.57. The zero-order chi connectivity index (χ0) is 25.0. The first-order chi connectivity index (χ1) is 17.4. The van der Waals surface area contributed by atoms with Crippen molar-refractivity contribution in [1.82, 2.24) is 19.3 Å². The highest BCUT2D eigenvalue weighted by Gasteiger charge is 2.59. The van der Waals surface area contributed by atoms with Gasteiger partial charge in [-0.25, -0.2) is 4.79 Å². The molecule has 0 unspecified atom stereocenters. The minimum Gasteiger partial charge on any atom is -0.350 e. The normalized spacial score (nSPS) is 20.4. The number of carbonyl (C=O) groups excluding carboxylic acids is 2. The number of para-hydroxylation sites is 1. The van der Waals surface area contributed by atoms with Crippen LogP contribution in [0, 0.1) is 5.92 Å². The van der Waals surface area contributed by atoms with E-state index in [0.29, 0.717) is 25.3 Å². The van der Waals surface area contributed by atoms with Crippen LogP contribution in [0.2, 0.25) is 0 Å². The number of aryl methyl sites for hydroxylation is 1. The average molecular weight is 485 g/mol. The van der Waals surface area contributed by atoms with E-state index in [2.05, 4.69) is 73.0 Å². The Balaban J connectivity index is 1.23. The van der Waals surface area contributed by atoms with Gasteiger partial charge in [0.15, 0.2) is 0 Å². The standard InChI is InChI=1S/C30H36N4O2/c1-21(2)18-33-29(36)34(25-16-22-8-4-5-9-23(22)17-25)28(35)30(33)12-14-32(15-13-30)20-24-19-31(3)27-11-7-6-10-26(24)27/h4-11,19,21,25H,12-18,20H2,1-3H3. The molecule has 6 nitrogen and oxygen atoms in total. The number of hydrogen-bond acceptors (Lipinski definition) is 3. The molecule has 0 radical (unpaired) electrons. The van der Waals surface area contributed by atoms with Crippen molar-refractivity contribution in [2.75, 3.05) is 19.6 Å². The Morgan fingerprint density at radius 3 is 2.25 bits per heavy atom. The number of nitrogens with zero attached hydrogens (tertiary/aromatic N) is 4. The van der Waals surface area contributed by atoms with Crippen molar-refractivity contribution in [3.8, 4) is 0 Å². The molecular weight excluding hydrogens is 448 g/mol. The molecule has 3 heterocycles. The molecular formula is C30H36N4O2. The van der Waals surface area contributed by atoms with Gasteiger partial charge in [-0.1, -0.05) is 56.3 Å². The number of likely N-dealkylation sites (tertiary alicyclic amines) is 1. The first-order valence-electron chi connectivity index (χ1n) is 13.3. The molecule has 0 saturated carbocycles. The van der Waals surface area contributed by atoms with Crippen molar-refractivity contribution in [2.45, 2.75) is 57.7 Å². The SMILES string of the molecule is CC(C)CN1C(=O)N(C2Cc3ccccc3C2)C(=O)C12CCN(Cc1cn(C)c3ccccc13)CC2. The molecule has 2 aliphatic heterocycles. The van der Waals surface area contributed by atoms with Gasteiger partial charge in [-0.3, -0.25) is 14.6 Å². The highest BCUT2D eigenvalue weighted by Crippen LogP contribution is 2.41. The quantitative estimate of drug-likeness (QED) is 0.498. The molecule has 2 saturated heterocycles. The molecule has 3 aromatic rings. The summed E-state index contributed by atoms with van der Waals surface area (Å²) in [6.07, 6.45) is 5.17. The summed E-state index contributed by atoms with van der Waals surface area (Å²) in [4.78, 5) is 33.9. The van der Waals surface area contributed by atoms with E-state index >= 15 is 0 Å². The number of amides is 3. The Morgan fingerprint density at radius 1 is 0.944 bits per heavy atom. The lowest BCUT2D eigenvalue weighted by Crippen LogP contribution is -2.57. The van der Waals surface area contributed by atoms with Crippen molar-refractivity contribution < 1.29 is 9.59 Å². The number of piperidine rings is 1. The first-order valence-corrected chi connectivity index (χ1v) is 13.3. The molecule has 1 aliphatic carbocycles. The fraction of sp³-hybridized carbons (Fsp3) is 0.467. The van der Waals surface area contributed by atoms with Crippen LogP contribution in [0.1, 0.15) is 43.4 Å². The Kier molecular flexibility index (Phi) is 5.67. The molecule has 0 N–H and O–H groups in total. The lowest BCUT2D eigenvalue weighted by Gasteiger charge is -2.42. The molecule has 36 heavy (non-hydrogen) atoms. The van der Waals surface area contributed by atoms with Crippen LogP contribution >= 0.6 is 0 Å². The lowest BCUT2D eigenvalue weighted by atomic mass is 9.85. The third-order valence-electron chi connectivity index (χ3n) is 8.57. The molecule has 3 aliphatic rings. The Morgan fingerprint density at radius 2 is 1.58 bits per heavy atom. The van der Waals surface area contributed by atoms with Crippen LogP contribution in [0.25, 0.3) is 10.9 Å². The predicted octanol–water partition coefficient (Wildman–Crippen LogP) is 4.60. The number of imide groups is 1. The number of carbonyl (C=O) groups is 2. The van der Waals surface area contributed by atoms with Gasteiger partial charge in [-0.05, 0) is 54.4 Å². The van der Waals surface area contributed by atoms with Gasteiger partial charge in [0.1, 0.15) is 5.54 Å². The molecule has 3 amide bonds. The van der Waals surface area contributed by atoms with E-state index in [1.807, 2.05) is 17.0 Å². The molecule has 6 rings (SSSR count). The predicted molar refractivity (Wildman–Crippen MR) is 142 cm³/mol. The van der Waals surface area contributed by atoms with Crippen molar-refractivity contribution >= 4 is 22.8 Å². The van der Waals surface area contributed by atoms with Crippen LogP contribution in [-0.2, 0) is 31.2 Å². The van der Waals surface area contributed by atoms with Crippen molar-refractivity contribution in [3.63, 3.8) is 0 Å². The smallest absolute Gasteiger partial charge is 0.327 e. The second-order valence-corrected chi connectivity index (χ2v) is 11.4. The maximum atomic E-state index is 14.1. The van der Waals surface area contributed by atoms with E-state index in [1.165, 1.54) is 27.6 Å². The Bertz CT molecular complexity index is 1290. The van der Waals surface area contributed by atoms with E-state index in [-0.39, 0.29) is 18.0 Å². The lowest BCUT2D eigenvalue weighted by molar-refractivity contribution is -0.137. The third kappa shape index (κ3) is 3.65. The number of aromatic nitrogens is 1. The second kappa shape index (κ2) is 8.77. The summed E-state index contributed by atoms with van der Waals surface area (Å²) in [6, 6.07) is 16.8. The zero-order valence-corrected chi connectivity index (χ0v) is 21.6. The summed E-state index contributed by atoms with van der Waals surface area (Å²) in [5, 5.41) is 1.29. The van der Waals surface area contributed by atoms with Gasteiger partial charge in [0, 0.05) is 56.4 Å². The highest BCUT2D eigenvalue weighted by atomic mass is 16.2. The van der Waals surface area contributed by atoms with Gasteiger partial charge in [-0.2, -0.15) is 0 Å². The van der Waals surface area contributed by atoms with E-state index in [9.17, 15) is 9.59 Å². The highest BCUT2D eigenvalue weighted by molar-refractivity contribution is 6.07. The number of hydrogen-bond donors (Lipinski definition) is 0. The van der Waals surface area contributed by atoms with Gasteiger partial charge >= 0.3 is 6.03 Å². The molecule has 0 bridgehead atoms. The van der Waals surface area contributed by atoms with E-state index in [0.717, 1.165) is 32.5 Å². The summed E-state index contributed by atoms with van der Waals surface area (Å²) in [7, 11) is 2.10. The van der Waals surface area contributed by atoms with Crippen molar-refractivity contribution in [1.29, 1.82) is 0 Å². The molecule has 6 heteroatoms. The van der Waals surface area contributed by atoms with E-state index in [1.54, 1.807) is 4.90 Å². The maximum absolute atomic E-state index is 14.1. The van der Waals surface area contributed by atoms with Crippen LogP contribution in [0.3, 0.4) is 0 Å². The minimum absolute atomic E-state index is 0.0377. The summed E-state index contributed by atoms with van der Waals surface area (Å²) < 4.78 is 2.19. The van der Waals surface area contributed by atoms with Crippen LogP contribution in [-0.4, -0.2) is 62.4 Å². The first kappa shape index (κ1) is 23.3. The molecule has 2 fully saturated rings. The Labute approximate surface area is 213 Å². The average Bonchev–Trinajstić information content (AvgIpc) is 3.49. The Hall–Kier alpha value is -3.12. The van der Waals surface area contributed by atoms with E-state index in [4.69, 9.17) is 0 Å². The van der Waals surface area contributed by atoms with Crippen molar-refractivity contribution in [2.24, 2.45) is 13.0 Å². The van der Waals surface area contributed by atoms with Crippen LogP contribution < -0.4 is 0 Å². The van der Waals surface area contributed by atoms with Gasteiger partial charge in [0.05, 0.1) is 0 Å². The molecule has 2 aromatic carbocycles. The molecule has 188 valence electrons. The molecule has 1 spiro atoms. The van der Waals surface area contributed by atoms with Crippen LogP contribution in [0.5, 0.6) is 0 Å².